The molecule has 22 heavy (non-hydrogen) atoms. The van der Waals surface area contributed by atoms with Gasteiger partial charge in [-0.05, 0) is 36.4 Å². The molecule has 1 aliphatic rings. The van der Waals surface area contributed by atoms with Crippen LogP contribution in [0.2, 0.25) is 0 Å². The number of thiocarbonyl (C=S) groups is 1. The van der Waals surface area contributed by atoms with Crippen molar-refractivity contribution >= 4 is 22.9 Å². The van der Waals surface area contributed by atoms with E-state index in [1.807, 2.05) is 11.0 Å². The van der Waals surface area contributed by atoms with Gasteiger partial charge in [-0.1, -0.05) is 24.4 Å². The minimum Gasteiger partial charge on any atom is -0.366 e. The summed E-state index contributed by atoms with van der Waals surface area (Å²) in [4.78, 5) is 4.83. The van der Waals surface area contributed by atoms with Crippen LogP contribution in [0.4, 0.5) is 14.5 Å². The molecule has 0 aromatic heterocycles. The van der Waals surface area contributed by atoms with Gasteiger partial charge in [-0.3, -0.25) is 0 Å². The van der Waals surface area contributed by atoms with Crippen LogP contribution in [0, 0.1) is 11.6 Å². The normalized spacial score (nSPS) is 15.0. The molecule has 0 radical (unpaired) electrons. The molecule has 1 saturated heterocycles. The van der Waals surface area contributed by atoms with Gasteiger partial charge in [-0.15, -0.1) is 0 Å². The van der Waals surface area contributed by atoms with E-state index >= 15 is 0 Å². The third kappa shape index (κ3) is 3.09. The number of piperazine rings is 1. The average molecular weight is 318 g/mol. The first-order valence-electron chi connectivity index (χ1n) is 7.19. The van der Waals surface area contributed by atoms with Crippen LogP contribution in [0.3, 0.4) is 0 Å². The zero-order valence-corrected chi connectivity index (χ0v) is 12.8. The summed E-state index contributed by atoms with van der Waals surface area (Å²) < 4.78 is 26.8. The monoisotopic (exact) mass is 318 g/mol. The SMILES string of the molecule is Fc1ccc(C(=S)N2CCN(c3ccccc3F)CC2)cc1. The number of benzene rings is 2. The highest BCUT2D eigenvalue weighted by Gasteiger charge is 2.21. The Morgan fingerprint density at radius 2 is 1.50 bits per heavy atom. The lowest BCUT2D eigenvalue weighted by Crippen LogP contribution is -2.48. The second kappa shape index (κ2) is 6.40. The minimum atomic E-state index is -0.268. The fourth-order valence-corrected chi connectivity index (χ4v) is 2.95. The predicted octanol–water partition coefficient (Wildman–Crippen LogP) is 3.46. The predicted molar refractivity (Wildman–Crippen MR) is 88.3 cm³/mol. The first-order chi connectivity index (χ1) is 10.6. The van der Waals surface area contributed by atoms with Gasteiger partial charge in [0.05, 0.1) is 5.69 Å². The van der Waals surface area contributed by atoms with Crippen molar-refractivity contribution in [2.45, 2.75) is 0 Å². The summed E-state index contributed by atoms with van der Waals surface area (Å²) in [6.45, 7) is 2.87. The van der Waals surface area contributed by atoms with Crippen LogP contribution in [-0.2, 0) is 0 Å². The Morgan fingerprint density at radius 3 is 2.14 bits per heavy atom. The van der Waals surface area contributed by atoms with E-state index in [2.05, 4.69) is 4.90 Å². The largest absolute Gasteiger partial charge is 0.366 e. The summed E-state index contributed by atoms with van der Waals surface area (Å²) in [5.41, 5.74) is 1.48. The highest BCUT2D eigenvalue weighted by Crippen LogP contribution is 2.21. The van der Waals surface area contributed by atoms with Gasteiger partial charge in [0.25, 0.3) is 0 Å². The zero-order chi connectivity index (χ0) is 15.5. The van der Waals surface area contributed by atoms with E-state index in [4.69, 9.17) is 12.2 Å². The van der Waals surface area contributed by atoms with Crippen molar-refractivity contribution in [1.29, 1.82) is 0 Å². The van der Waals surface area contributed by atoms with Gasteiger partial charge >= 0.3 is 0 Å². The molecule has 0 bridgehead atoms. The molecule has 114 valence electrons. The number of nitrogens with zero attached hydrogens (tertiary/aromatic N) is 2. The first-order valence-corrected chi connectivity index (χ1v) is 7.60. The summed E-state index contributed by atoms with van der Waals surface area (Å²) in [5.74, 6) is -0.465. The topological polar surface area (TPSA) is 6.48 Å². The van der Waals surface area contributed by atoms with Gasteiger partial charge in [-0.2, -0.15) is 0 Å². The molecule has 0 atom stereocenters. The Bertz CT molecular complexity index is 665. The second-order valence-electron chi connectivity index (χ2n) is 5.24. The lowest BCUT2D eigenvalue weighted by Gasteiger charge is -2.37. The smallest absolute Gasteiger partial charge is 0.146 e. The number of para-hydroxylation sites is 1. The summed E-state index contributed by atoms with van der Waals surface area (Å²) in [6.07, 6.45) is 0. The van der Waals surface area contributed by atoms with Gasteiger partial charge in [0.1, 0.15) is 16.6 Å². The summed E-state index contributed by atoms with van der Waals surface area (Å²) >= 11 is 5.48. The molecule has 1 heterocycles. The Balaban J connectivity index is 1.65. The quantitative estimate of drug-likeness (QED) is 0.783. The standard InChI is InChI=1S/C17H16F2N2S/c18-14-7-5-13(6-8-14)17(22)21-11-9-20(10-12-21)16-4-2-1-3-15(16)19/h1-8H,9-12H2. The van der Waals surface area contributed by atoms with Crippen LogP contribution in [0.15, 0.2) is 48.5 Å². The van der Waals surface area contributed by atoms with E-state index in [0.29, 0.717) is 23.8 Å². The molecule has 0 amide bonds. The molecule has 0 aliphatic carbocycles. The number of hydrogen-bond donors (Lipinski definition) is 0. The summed E-state index contributed by atoms with van der Waals surface area (Å²) in [6, 6.07) is 13.0. The Hall–Kier alpha value is -2.01. The average Bonchev–Trinajstić information content (AvgIpc) is 2.56. The molecule has 2 aromatic carbocycles. The fourth-order valence-electron chi connectivity index (χ4n) is 2.63. The van der Waals surface area contributed by atoms with Crippen LogP contribution in [0.25, 0.3) is 0 Å². The minimum absolute atomic E-state index is 0.197. The van der Waals surface area contributed by atoms with Crippen molar-refractivity contribution in [1.82, 2.24) is 4.90 Å². The van der Waals surface area contributed by atoms with Crippen LogP contribution >= 0.6 is 12.2 Å². The molecule has 0 N–H and O–H groups in total. The molecule has 0 unspecified atom stereocenters. The Morgan fingerprint density at radius 1 is 0.864 bits per heavy atom. The van der Waals surface area contributed by atoms with Crippen LogP contribution < -0.4 is 4.90 Å². The number of hydrogen-bond acceptors (Lipinski definition) is 2. The Labute approximate surface area is 134 Å². The number of anilines is 1. The van der Waals surface area contributed by atoms with E-state index in [9.17, 15) is 8.78 Å². The third-order valence-corrected chi connectivity index (χ3v) is 4.35. The molecular formula is C17H16F2N2S. The number of rotatable bonds is 2. The first kappa shape index (κ1) is 14.9. The maximum atomic E-state index is 13.8. The van der Waals surface area contributed by atoms with Crippen LogP contribution in [0.1, 0.15) is 5.56 Å². The molecule has 2 nitrogen and oxygen atoms in total. The van der Waals surface area contributed by atoms with E-state index in [0.717, 1.165) is 18.7 Å². The van der Waals surface area contributed by atoms with Crippen molar-refractivity contribution in [3.05, 3.63) is 65.7 Å². The van der Waals surface area contributed by atoms with Gasteiger partial charge in [0, 0.05) is 31.7 Å². The van der Waals surface area contributed by atoms with Crippen molar-refractivity contribution in [2.24, 2.45) is 0 Å². The molecule has 0 spiro atoms. The summed E-state index contributed by atoms with van der Waals surface area (Å²) in [5, 5.41) is 0. The maximum absolute atomic E-state index is 13.8. The second-order valence-corrected chi connectivity index (χ2v) is 5.62. The molecule has 0 saturated carbocycles. The van der Waals surface area contributed by atoms with Crippen molar-refractivity contribution in [3.8, 4) is 0 Å². The fraction of sp³-hybridized carbons (Fsp3) is 0.235. The van der Waals surface area contributed by atoms with Gasteiger partial charge in [0.2, 0.25) is 0 Å². The van der Waals surface area contributed by atoms with E-state index < -0.39 is 0 Å². The van der Waals surface area contributed by atoms with E-state index in [-0.39, 0.29) is 11.6 Å². The highest BCUT2D eigenvalue weighted by molar-refractivity contribution is 7.80. The lowest BCUT2D eigenvalue weighted by atomic mass is 10.2. The van der Waals surface area contributed by atoms with E-state index in [1.165, 1.54) is 18.2 Å². The molecule has 2 aromatic rings. The van der Waals surface area contributed by atoms with Gasteiger partial charge in [0.15, 0.2) is 0 Å². The summed E-state index contributed by atoms with van der Waals surface area (Å²) in [7, 11) is 0. The van der Waals surface area contributed by atoms with E-state index in [1.54, 1.807) is 24.3 Å². The van der Waals surface area contributed by atoms with Crippen LogP contribution in [-0.4, -0.2) is 36.1 Å². The molecule has 1 fully saturated rings. The van der Waals surface area contributed by atoms with Crippen molar-refractivity contribution in [3.63, 3.8) is 0 Å². The molecular weight excluding hydrogens is 302 g/mol. The highest BCUT2D eigenvalue weighted by atomic mass is 32.1. The third-order valence-electron chi connectivity index (χ3n) is 3.85. The lowest BCUT2D eigenvalue weighted by molar-refractivity contribution is 0.390. The van der Waals surface area contributed by atoms with Gasteiger partial charge < -0.3 is 9.80 Å². The molecule has 5 heteroatoms. The number of halogens is 2. The molecule has 3 rings (SSSR count). The zero-order valence-electron chi connectivity index (χ0n) is 12.0. The van der Waals surface area contributed by atoms with Gasteiger partial charge in [-0.25, -0.2) is 8.78 Å². The van der Waals surface area contributed by atoms with Crippen molar-refractivity contribution < 1.29 is 8.78 Å². The van der Waals surface area contributed by atoms with Crippen molar-refractivity contribution in [2.75, 3.05) is 31.1 Å². The maximum Gasteiger partial charge on any atom is 0.146 e. The molecule has 1 aliphatic heterocycles. The Kier molecular flexibility index (Phi) is 4.34. The van der Waals surface area contributed by atoms with Crippen LogP contribution in [0.5, 0.6) is 0 Å².